The van der Waals surface area contributed by atoms with Crippen molar-refractivity contribution >= 4 is 16.0 Å². The molecule has 1 aromatic carbocycles. The van der Waals surface area contributed by atoms with E-state index in [0.29, 0.717) is 0 Å². The van der Waals surface area contributed by atoms with Crippen LogP contribution in [0.1, 0.15) is 6.42 Å². The lowest BCUT2D eigenvalue weighted by Gasteiger charge is -2.14. The number of ether oxygens (including phenoxy) is 1. The van der Waals surface area contributed by atoms with E-state index in [0.717, 1.165) is 6.07 Å². The van der Waals surface area contributed by atoms with Gasteiger partial charge in [-0.15, -0.1) is 6.58 Å². The second-order valence-corrected chi connectivity index (χ2v) is 5.49. The summed E-state index contributed by atoms with van der Waals surface area (Å²) < 4.78 is 44.5. The summed E-state index contributed by atoms with van der Waals surface area (Å²) in [4.78, 5) is 10.2. The molecule has 0 aromatic heterocycles. The van der Waals surface area contributed by atoms with Gasteiger partial charge in [-0.3, -0.25) is 4.79 Å². The molecule has 0 spiro atoms. The molecule has 2 N–H and O–H groups in total. The molecule has 0 fully saturated rings. The molecule has 6 nitrogen and oxygen atoms in total. The normalized spacial score (nSPS) is 12.7. The molecule has 0 amide bonds. The van der Waals surface area contributed by atoms with E-state index in [1.807, 2.05) is 4.72 Å². The molecule has 8 heteroatoms. The van der Waals surface area contributed by atoms with Crippen LogP contribution in [0.4, 0.5) is 4.39 Å². The third kappa shape index (κ3) is 3.55. The minimum Gasteiger partial charge on any atom is -0.494 e. The van der Waals surface area contributed by atoms with E-state index in [9.17, 15) is 17.6 Å². The predicted octanol–water partition coefficient (Wildman–Crippen LogP) is 1.14. The Labute approximate surface area is 115 Å². The monoisotopic (exact) mass is 303 g/mol. The Balaban J connectivity index is 3.17. The number of carboxylic acid groups (broad SMARTS) is 1. The Hall–Kier alpha value is -1.93. The molecular formula is C12H14FNO5S. The van der Waals surface area contributed by atoms with E-state index in [2.05, 4.69) is 11.3 Å². The first kappa shape index (κ1) is 16.1. The highest BCUT2D eigenvalue weighted by Crippen LogP contribution is 2.23. The highest BCUT2D eigenvalue weighted by molar-refractivity contribution is 7.89. The average molecular weight is 303 g/mol. The van der Waals surface area contributed by atoms with Gasteiger partial charge < -0.3 is 9.84 Å². The minimum absolute atomic E-state index is 0.125. The maximum Gasteiger partial charge on any atom is 0.322 e. The largest absolute Gasteiger partial charge is 0.494 e. The molecule has 1 atom stereocenters. The van der Waals surface area contributed by atoms with Gasteiger partial charge in [0.05, 0.1) is 7.11 Å². The van der Waals surface area contributed by atoms with E-state index in [1.165, 1.54) is 25.3 Å². The van der Waals surface area contributed by atoms with Crippen molar-refractivity contribution in [2.24, 2.45) is 0 Å². The number of halogens is 1. The van der Waals surface area contributed by atoms with Crippen LogP contribution in [0.15, 0.2) is 35.7 Å². The lowest BCUT2D eigenvalue weighted by atomic mass is 10.2. The molecule has 1 aromatic rings. The Morgan fingerprint density at radius 2 is 2.25 bits per heavy atom. The van der Waals surface area contributed by atoms with Crippen molar-refractivity contribution in [3.8, 4) is 5.75 Å². The predicted molar refractivity (Wildman–Crippen MR) is 69.5 cm³/mol. The van der Waals surface area contributed by atoms with Crippen molar-refractivity contribution in [1.82, 2.24) is 4.72 Å². The van der Waals surface area contributed by atoms with Gasteiger partial charge in [-0.2, -0.15) is 4.72 Å². The quantitative estimate of drug-likeness (QED) is 0.737. The van der Waals surface area contributed by atoms with Crippen LogP contribution in [0.5, 0.6) is 5.75 Å². The van der Waals surface area contributed by atoms with Gasteiger partial charge in [0.25, 0.3) is 0 Å². The lowest BCUT2D eigenvalue weighted by Crippen LogP contribution is -2.40. The Morgan fingerprint density at radius 3 is 2.75 bits per heavy atom. The third-order valence-corrected chi connectivity index (χ3v) is 3.92. The van der Waals surface area contributed by atoms with Gasteiger partial charge in [0.15, 0.2) is 11.6 Å². The highest BCUT2D eigenvalue weighted by Gasteiger charge is 2.27. The zero-order valence-electron chi connectivity index (χ0n) is 10.7. The van der Waals surface area contributed by atoms with E-state index in [-0.39, 0.29) is 12.2 Å². The Kier molecular flexibility index (Phi) is 5.23. The highest BCUT2D eigenvalue weighted by atomic mass is 32.2. The fourth-order valence-corrected chi connectivity index (χ4v) is 2.77. The summed E-state index contributed by atoms with van der Waals surface area (Å²) in [6.07, 6.45) is 1.13. The minimum atomic E-state index is -4.32. The van der Waals surface area contributed by atoms with Crippen LogP contribution in [0.3, 0.4) is 0 Å². The number of sulfonamides is 1. The van der Waals surface area contributed by atoms with Gasteiger partial charge in [-0.25, -0.2) is 12.8 Å². The second kappa shape index (κ2) is 6.49. The zero-order valence-corrected chi connectivity index (χ0v) is 11.5. The molecule has 0 aliphatic rings. The van der Waals surface area contributed by atoms with Gasteiger partial charge >= 0.3 is 5.97 Å². The second-order valence-electron chi connectivity index (χ2n) is 3.81. The van der Waals surface area contributed by atoms with Crippen LogP contribution in [-0.4, -0.2) is 32.6 Å². The summed E-state index contributed by atoms with van der Waals surface area (Å²) in [5.74, 6) is -2.70. The molecule has 0 radical (unpaired) electrons. The van der Waals surface area contributed by atoms with E-state index < -0.39 is 32.7 Å². The SMILES string of the molecule is C=CC[C@@H](NS(=O)(=O)c1cccc(OC)c1F)C(=O)O. The van der Waals surface area contributed by atoms with Gasteiger partial charge in [0.1, 0.15) is 10.9 Å². The number of rotatable bonds is 7. The number of carbonyl (C=O) groups is 1. The first-order valence-corrected chi connectivity index (χ1v) is 7.00. The first-order chi connectivity index (χ1) is 9.33. The van der Waals surface area contributed by atoms with Crippen molar-refractivity contribution in [1.29, 1.82) is 0 Å². The van der Waals surface area contributed by atoms with Crippen LogP contribution in [0.25, 0.3) is 0 Å². The standard InChI is InChI=1S/C12H14FNO5S/c1-3-5-8(12(15)16)14-20(17,18)10-7-4-6-9(19-2)11(10)13/h3-4,6-8,14H,1,5H2,2H3,(H,15,16)/t8-/m1/s1. The number of nitrogens with one attached hydrogen (secondary N) is 1. The summed E-state index contributed by atoms with van der Waals surface area (Å²) in [6, 6.07) is 2.16. The Bertz CT molecular complexity index is 614. The third-order valence-electron chi connectivity index (χ3n) is 2.44. The summed E-state index contributed by atoms with van der Waals surface area (Å²) in [6.45, 7) is 3.34. The number of aliphatic carboxylic acids is 1. The van der Waals surface area contributed by atoms with Crippen LogP contribution < -0.4 is 9.46 Å². The maximum absolute atomic E-state index is 13.9. The van der Waals surface area contributed by atoms with Crippen molar-refractivity contribution in [3.63, 3.8) is 0 Å². The Morgan fingerprint density at radius 1 is 1.60 bits per heavy atom. The summed E-state index contributed by atoms with van der Waals surface area (Å²) in [7, 11) is -3.13. The number of hydrogen-bond donors (Lipinski definition) is 2. The number of carboxylic acids is 1. The molecule has 110 valence electrons. The summed E-state index contributed by atoms with van der Waals surface area (Å²) in [5.41, 5.74) is 0. The molecule has 1 rings (SSSR count). The number of hydrogen-bond acceptors (Lipinski definition) is 4. The van der Waals surface area contributed by atoms with Crippen LogP contribution in [-0.2, 0) is 14.8 Å². The molecule has 0 unspecified atom stereocenters. The van der Waals surface area contributed by atoms with Crippen molar-refractivity contribution in [2.45, 2.75) is 17.4 Å². The van der Waals surface area contributed by atoms with Gasteiger partial charge in [-0.1, -0.05) is 12.1 Å². The van der Waals surface area contributed by atoms with Gasteiger partial charge in [0, 0.05) is 0 Å². The number of benzene rings is 1. The van der Waals surface area contributed by atoms with Gasteiger partial charge in [0.2, 0.25) is 10.0 Å². The maximum atomic E-state index is 13.9. The van der Waals surface area contributed by atoms with Crippen LogP contribution >= 0.6 is 0 Å². The topological polar surface area (TPSA) is 92.7 Å². The van der Waals surface area contributed by atoms with E-state index in [4.69, 9.17) is 5.11 Å². The van der Waals surface area contributed by atoms with Crippen molar-refractivity contribution < 1.29 is 27.4 Å². The van der Waals surface area contributed by atoms with Crippen molar-refractivity contribution in [2.75, 3.05) is 7.11 Å². The molecule has 0 bridgehead atoms. The molecule has 0 aliphatic heterocycles. The number of methoxy groups -OCH3 is 1. The van der Waals surface area contributed by atoms with E-state index in [1.54, 1.807) is 0 Å². The average Bonchev–Trinajstić information content (AvgIpc) is 2.38. The van der Waals surface area contributed by atoms with Crippen molar-refractivity contribution in [3.05, 3.63) is 36.7 Å². The van der Waals surface area contributed by atoms with Crippen LogP contribution in [0.2, 0.25) is 0 Å². The molecule has 0 saturated carbocycles. The van der Waals surface area contributed by atoms with E-state index >= 15 is 0 Å². The smallest absolute Gasteiger partial charge is 0.322 e. The van der Waals surface area contributed by atoms with Crippen LogP contribution in [0, 0.1) is 5.82 Å². The molecule has 0 heterocycles. The lowest BCUT2D eigenvalue weighted by molar-refractivity contribution is -0.138. The summed E-state index contributed by atoms with van der Waals surface area (Å²) in [5, 5.41) is 8.89. The first-order valence-electron chi connectivity index (χ1n) is 5.52. The summed E-state index contributed by atoms with van der Waals surface area (Å²) >= 11 is 0. The fourth-order valence-electron chi connectivity index (χ4n) is 1.47. The zero-order chi connectivity index (χ0) is 15.3. The fraction of sp³-hybridized carbons (Fsp3) is 0.250. The molecule has 0 saturated heterocycles. The molecular weight excluding hydrogens is 289 g/mol. The molecule has 0 aliphatic carbocycles. The molecule has 20 heavy (non-hydrogen) atoms. The van der Waals surface area contributed by atoms with Gasteiger partial charge in [-0.05, 0) is 18.6 Å².